The number of halogens is 6. The number of ether oxygens (including phenoxy) is 3. The minimum atomic E-state index is -4.91. The molecule has 0 aliphatic rings. The molecule has 0 spiro atoms. The third kappa shape index (κ3) is 8.40. The van der Waals surface area contributed by atoms with Crippen LogP contribution in [-0.4, -0.2) is 31.9 Å². The van der Waals surface area contributed by atoms with Crippen LogP contribution in [0.4, 0.5) is 26.3 Å². The van der Waals surface area contributed by atoms with Crippen LogP contribution in [0.25, 0.3) is 6.08 Å². The van der Waals surface area contributed by atoms with E-state index < -0.39 is 35.6 Å². The average molecular weight is 490 g/mol. The number of carbonyl (C=O) groups excluding carboxylic acids is 1. The summed E-state index contributed by atoms with van der Waals surface area (Å²) in [6.07, 6.45) is -7.81. The predicted molar refractivity (Wildman–Crippen MR) is 113 cm³/mol. The third-order valence-electron chi connectivity index (χ3n) is 4.53. The monoisotopic (exact) mass is 490 g/mol. The molecule has 1 unspecified atom stereocenters. The molecule has 0 fully saturated rings. The Morgan fingerprint density at radius 3 is 2.00 bits per heavy atom. The van der Waals surface area contributed by atoms with Crippen molar-refractivity contribution in [1.29, 1.82) is 0 Å². The molecule has 0 aliphatic heterocycles. The first-order valence-electron chi connectivity index (χ1n) is 10.4. The van der Waals surface area contributed by atoms with Gasteiger partial charge in [0.1, 0.15) is 12.4 Å². The number of esters is 1. The van der Waals surface area contributed by atoms with Gasteiger partial charge in [-0.3, -0.25) is 0 Å². The number of rotatable bonds is 10. The van der Waals surface area contributed by atoms with Crippen LogP contribution in [0.1, 0.15) is 36.1 Å². The Bertz CT molecular complexity index is 933. The Labute approximate surface area is 193 Å². The molecule has 0 aliphatic carbocycles. The number of hydrogen-bond acceptors (Lipinski definition) is 4. The van der Waals surface area contributed by atoms with Crippen molar-refractivity contribution in [3.05, 3.63) is 70.8 Å². The Morgan fingerprint density at radius 2 is 1.50 bits per heavy atom. The van der Waals surface area contributed by atoms with Crippen LogP contribution in [-0.2, 0) is 33.0 Å². The highest BCUT2D eigenvalue weighted by Crippen LogP contribution is 2.36. The van der Waals surface area contributed by atoms with E-state index in [0.29, 0.717) is 30.9 Å². The minimum Gasteiger partial charge on any atom is -0.490 e. The fourth-order valence-corrected chi connectivity index (χ4v) is 2.99. The number of alkyl halides is 6. The zero-order valence-electron chi connectivity index (χ0n) is 18.5. The molecule has 186 valence electrons. The summed E-state index contributed by atoms with van der Waals surface area (Å²) in [5.74, 6) is -0.0318. The summed E-state index contributed by atoms with van der Waals surface area (Å²) in [5.41, 5.74) is -2.22. The maximum atomic E-state index is 12.9. The highest BCUT2D eigenvalue weighted by atomic mass is 19.4. The van der Waals surface area contributed by atoms with E-state index >= 15 is 0 Å². The van der Waals surface area contributed by atoms with E-state index in [1.807, 2.05) is 0 Å². The lowest BCUT2D eigenvalue weighted by atomic mass is 10.0. The summed E-state index contributed by atoms with van der Waals surface area (Å²) in [6.45, 7) is 3.96. The fourth-order valence-electron chi connectivity index (χ4n) is 2.99. The van der Waals surface area contributed by atoms with E-state index in [4.69, 9.17) is 14.2 Å². The van der Waals surface area contributed by atoms with Gasteiger partial charge in [0.15, 0.2) is 6.10 Å². The fraction of sp³-hybridized carbons (Fsp3) is 0.375. The molecule has 2 aromatic rings. The highest BCUT2D eigenvalue weighted by molar-refractivity contribution is 5.75. The summed E-state index contributed by atoms with van der Waals surface area (Å²) in [4.78, 5) is 11.9. The highest BCUT2D eigenvalue weighted by Gasteiger charge is 2.36. The average Bonchev–Trinajstić information content (AvgIpc) is 2.76. The molecule has 34 heavy (non-hydrogen) atoms. The van der Waals surface area contributed by atoms with Crippen LogP contribution < -0.4 is 4.74 Å². The molecule has 0 N–H and O–H groups in total. The first-order chi connectivity index (χ1) is 15.9. The topological polar surface area (TPSA) is 44.8 Å². The van der Waals surface area contributed by atoms with Crippen molar-refractivity contribution in [2.24, 2.45) is 0 Å². The summed E-state index contributed by atoms with van der Waals surface area (Å²) in [5, 5.41) is 0. The van der Waals surface area contributed by atoms with Crippen molar-refractivity contribution in [2.75, 3.05) is 19.8 Å². The molecule has 1 atom stereocenters. The van der Waals surface area contributed by atoms with Crippen LogP contribution in [0.2, 0.25) is 0 Å². The normalized spacial score (nSPS) is 13.2. The maximum Gasteiger partial charge on any atom is 0.416 e. The van der Waals surface area contributed by atoms with Crippen LogP contribution >= 0.6 is 0 Å². The Hall–Kier alpha value is -3.01. The largest absolute Gasteiger partial charge is 0.490 e. The molecule has 2 aromatic carbocycles. The second-order valence-electron chi connectivity index (χ2n) is 7.10. The van der Waals surface area contributed by atoms with Gasteiger partial charge in [-0.15, -0.1) is 0 Å². The standard InChI is InChI=1S/C24H24F6O4/c1-3-32-21(22(31)33-4-2)14-16-7-9-20(10-8-16)34-11-5-6-17-12-18(23(25,26)27)15-19(13-17)24(28,29)30/h5-10,12-13,15,21H,3-4,11,14H2,1-2H3/b6-5+. The van der Waals surface area contributed by atoms with E-state index in [1.165, 1.54) is 6.08 Å². The van der Waals surface area contributed by atoms with Gasteiger partial charge in [0, 0.05) is 13.0 Å². The van der Waals surface area contributed by atoms with Gasteiger partial charge in [-0.2, -0.15) is 26.3 Å². The van der Waals surface area contributed by atoms with Crippen LogP contribution in [0.3, 0.4) is 0 Å². The second kappa shape index (κ2) is 11.9. The molecule has 4 nitrogen and oxygen atoms in total. The van der Waals surface area contributed by atoms with E-state index in [2.05, 4.69) is 0 Å². The lowest BCUT2D eigenvalue weighted by Crippen LogP contribution is -2.28. The van der Waals surface area contributed by atoms with E-state index in [-0.39, 0.29) is 24.8 Å². The smallest absolute Gasteiger partial charge is 0.416 e. The molecular formula is C24H24F6O4. The number of carbonyl (C=O) groups is 1. The first-order valence-corrected chi connectivity index (χ1v) is 10.4. The van der Waals surface area contributed by atoms with Crippen molar-refractivity contribution in [3.63, 3.8) is 0 Å². The van der Waals surface area contributed by atoms with Gasteiger partial charge in [0.05, 0.1) is 17.7 Å². The summed E-state index contributed by atoms with van der Waals surface area (Å²) in [6, 6.07) is 8.04. The second-order valence-corrected chi connectivity index (χ2v) is 7.10. The SMILES string of the molecule is CCOC(=O)C(Cc1ccc(OC/C=C/c2cc(C(F)(F)F)cc(C(F)(F)F)c2)cc1)OCC. The van der Waals surface area contributed by atoms with Gasteiger partial charge in [-0.1, -0.05) is 18.2 Å². The van der Waals surface area contributed by atoms with Crippen molar-refractivity contribution in [1.82, 2.24) is 0 Å². The zero-order chi connectivity index (χ0) is 25.4. The lowest BCUT2D eigenvalue weighted by Gasteiger charge is -2.15. The molecule has 10 heteroatoms. The third-order valence-corrected chi connectivity index (χ3v) is 4.53. The summed E-state index contributed by atoms with van der Waals surface area (Å²) in [7, 11) is 0. The van der Waals surface area contributed by atoms with Crippen molar-refractivity contribution >= 4 is 12.0 Å². The maximum absolute atomic E-state index is 12.9. The molecule has 2 rings (SSSR count). The zero-order valence-corrected chi connectivity index (χ0v) is 18.5. The quantitative estimate of drug-likeness (QED) is 0.289. The Kier molecular flexibility index (Phi) is 9.55. The number of hydrogen-bond donors (Lipinski definition) is 0. The van der Waals surface area contributed by atoms with E-state index in [9.17, 15) is 31.1 Å². The van der Waals surface area contributed by atoms with Gasteiger partial charge < -0.3 is 14.2 Å². The van der Waals surface area contributed by atoms with Gasteiger partial charge in [-0.25, -0.2) is 4.79 Å². The van der Waals surface area contributed by atoms with Gasteiger partial charge >= 0.3 is 18.3 Å². The lowest BCUT2D eigenvalue weighted by molar-refractivity contribution is -0.156. The van der Waals surface area contributed by atoms with Gasteiger partial charge in [0.25, 0.3) is 0 Å². The van der Waals surface area contributed by atoms with Crippen molar-refractivity contribution in [2.45, 2.75) is 38.7 Å². The van der Waals surface area contributed by atoms with Crippen LogP contribution in [0.15, 0.2) is 48.5 Å². The van der Waals surface area contributed by atoms with Gasteiger partial charge in [0.2, 0.25) is 0 Å². The molecule has 0 bridgehead atoms. The van der Waals surface area contributed by atoms with Crippen molar-refractivity contribution < 1.29 is 45.3 Å². The molecule has 0 amide bonds. The van der Waals surface area contributed by atoms with Gasteiger partial charge in [-0.05, 0) is 61.4 Å². The summed E-state index contributed by atoms with van der Waals surface area (Å²) >= 11 is 0. The molecule has 0 radical (unpaired) electrons. The minimum absolute atomic E-state index is 0.0768. The predicted octanol–water partition coefficient (Wildman–Crippen LogP) is 6.33. The Balaban J connectivity index is 2.01. The molecule has 0 heterocycles. The van der Waals surface area contributed by atoms with Crippen LogP contribution in [0.5, 0.6) is 5.75 Å². The molecule has 0 saturated carbocycles. The molecular weight excluding hydrogens is 466 g/mol. The summed E-state index contributed by atoms with van der Waals surface area (Å²) < 4.78 is 93.5. The van der Waals surface area contributed by atoms with E-state index in [0.717, 1.165) is 11.6 Å². The first kappa shape index (κ1) is 27.2. The van der Waals surface area contributed by atoms with Crippen LogP contribution in [0, 0.1) is 0 Å². The molecule has 0 saturated heterocycles. The van der Waals surface area contributed by atoms with E-state index in [1.54, 1.807) is 38.1 Å². The molecule has 0 aromatic heterocycles. The Morgan fingerprint density at radius 1 is 0.912 bits per heavy atom. The number of benzene rings is 2. The van der Waals surface area contributed by atoms with Crippen molar-refractivity contribution in [3.8, 4) is 5.75 Å².